The molecule has 1 atom stereocenters. The fourth-order valence-corrected chi connectivity index (χ4v) is 4.76. The van der Waals surface area contributed by atoms with Gasteiger partial charge in [0.2, 0.25) is 15.9 Å². The summed E-state index contributed by atoms with van der Waals surface area (Å²) in [6, 6.07) is 9.52. The lowest BCUT2D eigenvalue weighted by Gasteiger charge is -2.19. The first-order chi connectivity index (χ1) is 13.8. The molecule has 1 aromatic heterocycles. The average Bonchev–Trinajstić information content (AvgIpc) is 3.25. The fraction of sp³-hybridized carbons (Fsp3) is 0.211. The van der Waals surface area contributed by atoms with Crippen molar-refractivity contribution in [3.63, 3.8) is 0 Å². The van der Waals surface area contributed by atoms with E-state index in [9.17, 15) is 18.0 Å². The average molecular weight is 413 g/mol. The molecular weight excluding hydrogens is 394 g/mol. The highest BCUT2D eigenvalue weighted by Crippen LogP contribution is 2.30. The molecular formula is C19H19N5O4S. The largest absolute Gasteiger partial charge is 0.339 e. The molecule has 3 N–H and O–H groups in total. The molecule has 0 aliphatic carbocycles. The van der Waals surface area contributed by atoms with E-state index < -0.39 is 28.5 Å². The first kappa shape index (κ1) is 19.1. The van der Waals surface area contributed by atoms with Gasteiger partial charge < -0.3 is 10.6 Å². The number of sulfonamides is 1. The van der Waals surface area contributed by atoms with Gasteiger partial charge >= 0.3 is 0 Å². The number of fused-ring (bicyclic) bond motifs is 2. The fourth-order valence-electron chi connectivity index (χ4n) is 3.39. The van der Waals surface area contributed by atoms with Crippen molar-refractivity contribution in [2.45, 2.75) is 17.9 Å². The molecule has 0 spiro atoms. The van der Waals surface area contributed by atoms with Crippen LogP contribution in [0.4, 0.5) is 5.69 Å². The van der Waals surface area contributed by atoms with Gasteiger partial charge in [-0.05, 0) is 30.7 Å². The Hall–Kier alpha value is -3.24. The Morgan fingerprint density at radius 3 is 2.83 bits per heavy atom. The van der Waals surface area contributed by atoms with Crippen molar-refractivity contribution in [3.05, 3.63) is 53.7 Å². The van der Waals surface area contributed by atoms with Crippen LogP contribution in [0.15, 0.2) is 47.5 Å². The van der Waals surface area contributed by atoms with Gasteiger partial charge in [-0.15, -0.1) is 0 Å². The molecule has 2 amide bonds. The van der Waals surface area contributed by atoms with Crippen molar-refractivity contribution in [3.8, 4) is 0 Å². The van der Waals surface area contributed by atoms with E-state index in [2.05, 4.69) is 20.8 Å². The van der Waals surface area contributed by atoms with Crippen LogP contribution in [0.5, 0.6) is 0 Å². The summed E-state index contributed by atoms with van der Waals surface area (Å²) in [7, 11) is -2.64. The minimum Gasteiger partial charge on any atom is -0.339 e. The topological polar surface area (TPSA) is 124 Å². The molecule has 29 heavy (non-hydrogen) atoms. The van der Waals surface area contributed by atoms with Crippen LogP contribution in [0.1, 0.15) is 17.2 Å². The van der Waals surface area contributed by atoms with Crippen LogP contribution in [0, 0.1) is 6.92 Å². The van der Waals surface area contributed by atoms with Crippen molar-refractivity contribution >= 4 is 38.4 Å². The summed E-state index contributed by atoms with van der Waals surface area (Å²) in [4.78, 5) is 24.7. The Bertz CT molecular complexity index is 1230. The zero-order chi connectivity index (χ0) is 20.8. The van der Waals surface area contributed by atoms with Crippen LogP contribution in [-0.2, 0) is 19.6 Å². The van der Waals surface area contributed by atoms with Crippen LogP contribution in [-0.4, -0.2) is 48.3 Å². The summed E-state index contributed by atoms with van der Waals surface area (Å²) in [5, 5.41) is 12.6. The maximum absolute atomic E-state index is 13.1. The molecule has 150 valence electrons. The highest BCUT2D eigenvalue weighted by atomic mass is 32.2. The molecule has 1 unspecified atom stereocenters. The summed E-state index contributed by atoms with van der Waals surface area (Å²) in [5.41, 5.74) is 2.42. The van der Waals surface area contributed by atoms with E-state index >= 15 is 0 Å². The molecule has 1 aliphatic rings. The number of benzene rings is 2. The number of H-pyrrole nitrogens is 1. The number of anilines is 1. The summed E-state index contributed by atoms with van der Waals surface area (Å²) >= 11 is 0. The molecule has 10 heteroatoms. The van der Waals surface area contributed by atoms with Gasteiger partial charge in [-0.2, -0.15) is 9.40 Å². The van der Waals surface area contributed by atoms with Gasteiger partial charge in [-0.1, -0.05) is 18.2 Å². The molecule has 3 aromatic rings. The third-order valence-corrected chi connectivity index (χ3v) is 6.64. The number of hydrogen-bond acceptors (Lipinski definition) is 5. The molecule has 0 saturated heterocycles. The summed E-state index contributed by atoms with van der Waals surface area (Å²) in [6.45, 7) is 1.35. The van der Waals surface area contributed by atoms with Crippen molar-refractivity contribution in [2.75, 3.05) is 18.9 Å². The van der Waals surface area contributed by atoms with Crippen molar-refractivity contribution in [1.29, 1.82) is 0 Å². The number of nitrogens with one attached hydrogen (secondary N) is 3. The number of rotatable bonds is 5. The number of carbonyl (C=O) groups is 2. The first-order valence-corrected chi connectivity index (χ1v) is 10.3. The summed E-state index contributed by atoms with van der Waals surface area (Å²) < 4.78 is 27.1. The Morgan fingerprint density at radius 1 is 1.28 bits per heavy atom. The summed E-state index contributed by atoms with van der Waals surface area (Å²) in [5.74, 6) is -0.940. The number of aryl methyl sites for hydroxylation is 1. The molecule has 2 aromatic carbocycles. The number of aromatic amines is 1. The van der Waals surface area contributed by atoms with Gasteiger partial charge in [0, 0.05) is 23.7 Å². The monoisotopic (exact) mass is 413 g/mol. The lowest BCUT2D eigenvalue weighted by molar-refractivity contribution is -0.126. The van der Waals surface area contributed by atoms with Crippen LogP contribution in [0.2, 0.25) is 0 Å². The number of hydrogen-bond donors (Lipinski definition) is 3. The van der Waals surface area contributed by atoms with E-state index in [4.69, 9.17) is 0 Å². The van der Waals surface area contributed by atoms with Crippen LogP contribution < -0.4 is 10.6 Å². The van der Waals surface area contributed by atoms with E-state index in [1.807, 2.05) is 6.07 Å². The van der Waals surface area contributed by atoms with E-state index in [0.29, 0.717) is 22.2 Å². The van der Waals surface area contributed by atoms with E-state index in [0.717, 1.165) is 9.87 Å². The smallest absolute Gasteiger partial charge is 0.251 e. The van der Waals surface area contributed by atoms with Crippen LogP contribution in [0.3, 0.4) is 0 Å². The second kappa shape index (κ2) is 6.98. The van der Waals surface area contributed by atoms with Gasteiger partial charge in [0.1, 0.15) is 10.9 Å². The number of likely N-dealkylation sites (N-methyl/N-ethyl adjacent to an activating group) is 1. The Morgan fingerprint density at radius 2 is 2.03 bits per heavy atom. The molecule has 0 bridgehead atoms. The highest BCUT2D eigenvalue weighted by Gasteiger charge is 2.33. The minimum absolute atomic E-state index is 0.0456. The van der Waals surface area contributed by atoms with Gasteiger partial charge in [0.15, 0.2) is 0 Å². The van der Waals surface area contributed by atoms with Gasteiger partial charge in [-0.25, -0.2) is 8.42 Å². The zero-order valence-corrected chi connectivity index (χ0v) is 16.6. The second-order valence-corrected chi connectivity index (χ2v) is 8.95. The number of nitrogens with zero attached hydrogens (tertiary/aromatic N) is 2. The zero-order valence-electron chi connectivity index (χ0n) is 15.8. The van der Waals surface area contributed by atoms with E-state index in [1.165, 1.54) is 13.1 Å². The maximum atomic E-state index is 13.1. The molecule has 4 rings (SSSR count). The van der Waals surface area contributed by atoms with Crippen LogP contribution >= 0.6 is 0 Å². The quantitative estimate of drug-likeness (QED) is 0.582. The molecule has 2 heterocycles. The second-order valence-electron chi connectivity index (χ2n) is 6.94. The Balaban J connectivity index is 1.54. The van der Waals surface area contributed by atoms with Gasteiger partial charge in [0.05, 0.1) is 18.3 Å². The number of para-hydroxylation sites is 1. The molecule has 1 aliphatic heterocycles. The molecule has 0 radical (unpaired) electrons. The maximum Gasteiger partial charge on any atom is 0.251 e. The van der Waals surface area contributed by atoms with Gasteiger partial charge in [0.25, 0.3) is 5.91 Å². The molecule has 9 nitrogen and oxygen atoms in total. The molecule has 0 saturated carbocycles. The third kappa shape index (κ3) is 3.36. The van der Waals surface area contributed by atoms with Crippen molar-refractivity contribution in [2.24, 2.45) is 0 Å². The lowest BCUT2D eigenvalue weighted by Crippen LogP contribution is -2.41. The predicted octanol–water partition coefficient (Wildman–Crippen LogP) is 1.30. The normalized spacial score (nSPS) is 16.1. The minimum atomic E-state index is -3.96. The SMILES string of the molecule is Cc1cc(S(=O)(=O)N(C)CC(=O)NC2C(=O)Nc3ccccc32)c2[nH]ncc2c1. The lowest BCUT2D eigenvalue weighted by atomic mass is 10.1. The highest BCUT2D eigenvalue weighted by molar-refractivity contribution is 7.89. The van der Waals surface area contributed by atoms with Crippen molar-refractivity contribution in [1.82, 2.24) is 19.8 Å². The third-order valence-electron chi connectivity index (χ3n) is 4.81. The number of carbonyl (C=O) groups excluding carboxylic acids is 2. The predicted molar refractivity (Wildman–Crippen MR) is 107 cm³/mol. The molecule has 0 fully saturated rings. The Labute approximate surface area is 167 Å². The van der Waals surface area contributed by atoms with Gasteiger partial charge in [-0.3, -0.25) is 14.7 Å². The summed E-state index contributed by atoms with van der Waals surface area (Å²) in [6.07, 6.45) is 1.55. The van der Waals surface area contributed by atoms with Crippen LogP contribution in [0.25, 0.3) is 10.9 Å². The van der Waals surface area contributed by atoms with E-state index in [1.54, 1.807) is 37.4 Å². The number of aromatic nitrogens is 2. The Kier molecular flexibility index (Phi) is 4.59. The first-order valence-electron chi connectivity index (χ1n) is 8.86. The standard InChI is InChI=1S/C19H19N5O4S/c1-11-7-12-9-20-23-17(12)15(8-11)29(27,28)24(2)10-16(25)22-18-13-5-3-4-6-14(13)21-19(18)26/h3-9,18H,10H2,1-2H3,(H,20,23)(H,21,26)(H,22,25). The number of amides is 2. The van der Waals surface area contributed by atoms with E-state index in [-0.39, 0.29) is 10.8 Å². The van der Waals surface area contributed by atoms with Crippen molar-refractivity contribution < 1.29 is 18.0 Å².